The summed E-state index contributed by atoms with van der Waals surface area (Å²) in [5.41, 5.74) is -0.420. The zero-order valence-corrected chi connectivity index (χ0v) is 11.6. The Kier molecular flexibility index (Phi) is 6.01. The Morgan fingerprint density at radius 2 is 2.26 bits per heavy atom. The molecule has 1 unspecified atom stereocenters. The first-order chi connectivity index (χ1) is 8.99. The monoisotopic (exact) mass is 306 g/mol. The minimum Gasteiger partial charge on any atom is -0.383 e. The van der Waals surface area contributed by atoms with Gasteiger partial charge in [0.1, 0.15) is 5.56 Å². The van der Waals surface area contributed by atoms with Gasteiger partial charge in [-0.2, -0.15) is 0 Å². The average Bonchev–Trinajstić information content (AvgIpc) is 2.37. The Balaban J connectivity index is 2.98. The van der Waals surface area contributed by atoms with E-state index in [0.29, 0.717) is 0 Å². The van der Waals surface area contributed by atoms with Gasteiger partial charge in [-0.25, -0.2) is 0 Å². The Hall–Kier alpha value is -1.37. The number of carbonyl (C=O) groups excluding carboxylic acids is 1. The number of methoxy groups -OCH3 is 1. The highest BCUT2D eigenvalue weighted by Crippen LogP contribution is 2.22. The van der Waals surface area contributed by atoms with E-state index in [1.165, 1.54) is 25.3 Å². The smallest absolute Gasteiger partial charge is 0.282 e. The molecule has 0 bridgehead atoms. The number of amides is 1. The van der Waals surface area contributed by atoms with Crippen LogP contribution in [-0.2, 0) is 4.74 Å². The number of nitrogens with zero attached hydrogens (tertiary/aromatic N) is 1. The van der Waals surface area contributed by atoms with Gasteiger partial charge in [-0.05, 0) is 12.1 Å². The molecule has 1 amide bonds. The minimum atomic E-state index is -0.642. The molecule has 1 N–H and O–H groups in total. The second kappa shape index (κ2) is 7.28. The molecule has 0 saturated carbocycles. The lowest BCUT2D eigenvalue weighted by Gasteiger charge is -2.15. The van der Waals surface area contributed by atoms with Crippen LogP contribution in [0.3, 0.4) is 0 Å². The standard InChI is InChI=1S/C11H12Cl2N2O4/c1-19-6-8(5-12)14-11(16)9-4-7(13)2-3-10(9)15(17)18/h2-4,8H,5-6H2,1H3,(H,14,16). The van der Waals surface area contributed by atoms with E-state index in [2.05, 4.69) is 5.32 Å². The van der Waals surface area contributed by atoms with Crippen molar-refractivity contribution < 1.29 is 14.5 Å². The van der Waals surface area contributed by atoms with Crippen molar-refractivity contribution in [2.45, 2.75) is 6.04 Å². The molecular formula is C11H12Cl2N2O4. The second-order valence-corrected chi connectivity index (χ2v) is 4.44. The fourth-order valence-corrected chi connectivity index (χ4v) is 1.78. The molecule has 1 atom stereocenters. The minimum absolute atomic E-state index is 0.108. The highest BCUT2D eigenvalue weighted by atomic mass is 35.5. The molecule has 0 aliphatic carbocycles. The lowest BCUT2D eigenvalue weighted by molar-refractivity contribution is -0.385. The van der Waals surface area contributed by atoms with Gasteiger partial charge in [0, 0.05) is 24.1 Å². The Morgan fingerprint density at radius 3 is 2.79 bits per heavy atom. The Labute approximate surface area is 119 Å². The molecule has 1 aromatic rings. The molecule has 0 aromatic heterocycles. The molecule has 104 valence electrons. The fourth-order valence-electron chi connectivity index (χ4n) is 1.44. The number of nitrogens with one attached hydrogen (secondary N) is 1. The largest absolute Gasteiger partial charge is 0.383 e. The van der Waals surface area contributed by atoms with Gasteiger partial charge in [-0.3, -0.25) is 14.9 Å². The highest BCUT2D eigenvalue weighted by molar-refractivity contribution is 6.31. The molecule has 0 aliphatic heterocycles. The predicted molar refractivity (Wildman–Crippen MR) is 72.0 cm³/mol. The van der Waals surface area contributed by atoms with Gasteiger partial charge in [0.15, 0.2) is 0 Å². The summed E-state index contributed by atoms with van der Waals surface area (Å²) in [5.74, 6) is -0.481. The first kappa shape index (κ1) is 15.7. The summed E-state index contributed by atoms with van der Waals surface area (Å²) in [6.07, 6.45) is 0. The topological polar surface area (TPSA) is 81.5 Å². The van der Waals surface area contributed by atoms with E-state index in [9.17, 15) is 14.9 Å². The fraction of sp³-hybridized carbons (Fsp3) is 0.364. The maximum atomic E-state index is 12.0. The van der Waals surface area contributed by atoms with Crippen LogP contribution in [0.25, 0.3) is 0 Å². The quantitative estimate of drug-likeness (QED) is 0.496. The van der Waals surface area contributed by atoms with E-state index < -0.39 is 16.9 Å². The first-order valence-corrected chi connectivity index (χ1v) is 6.20. The van der Waals surface area contributed by atoms with E-state index in [-0.39, 0.29) is 28.8 Å². The molecule has 8 heteroatoms. The van der Waals surface area contributed by atoms with E-state index >= 15 is 0 Å². The summed E-state index contributed by atoms with van der Waals surface area (Å²) in [4.78, 5) is 22.2. The maximum absolute atomic E-state index is 12.0. The SMILES string of the molecule is COCC(CCl)NC(=O)c1cc(Cl)ccc1[N+](=O)[O-]. The molecular weight excluding hydrogens is 295 g/mol. The molecule has 0 radical (unpaired) electrons. The summed E-state index contributed by atoms with van der Waals surface area (Å²) in [5, 5.41) is 13.6. The maximum Gasteiger partial charge on any atom is 0.282 e. The van der Waals surface area contributed by atoms with Crippen LogP contribution in [0.4, 0.5) is 5.69 Å². The van der Waals surface area contributed by atoms with Crippen LogP contribution in [0.1, 0.15) is 10.4 Å². The van der Waals surface area contributed by atoms with Gasteiger partial charge in [0.25, 0.3) is 11.6 Å². The zero-order valence-electron chi connectivity index (χ0n) is 10.1. The van der Waals surface area contributed by atoms with Crippen molar-refractivity contribution in [2.24, 2.45) is 0 Å². The van der Waals surface area contributed by atoms with Crippen LogP contribution >= 0.6 is 23.2 Å². The van der Waals surface area contributed by atoms with E-state index in [0.717, 1.165) is 0 Å². The number of hydrogen-bond acceptors (Lipinski definition) is 4. The number of benzene rings is 1. The van der Waals surface area contributed by atoms with E-state index in [4.69, 9.17) is 27.9 Å². The van der Waals surface area contributed by atoms with Gasteiger partial charge in [0.2, 0.25) is 0 Å². The van der Waals surface area contributed by atoms with Crippen LogP contribution in [0.2, 0.25) is 5.02 Å². The molecule has 0 spiro atoms. The van der Waals surface area contributed by atoms with Crippen molar-refractivity contribution in [2.75, 3.05) is 19.6 Å². The number of nitro benzene ring substituents is 1. The lowest BCUT2D eigenvalue weighted by atomic mass is 10.1. The molecule has 1 aromatic carbocycles. The van der Waals surface area contributed by atoms with Crippen molar-refractivity contribution in [1.29, 1.82) is 0 Å². The first-order valence-electron chi connectivity index (χ1n) is 5.29. The third kappa shape index (κ3) is 4.34. The van der Waals surface area contributed by atoms with Crippen molar-refractivity contribution in [3.05, 3.63) is 38.9 Å². The van der Waals surface area contributed by atoms with Gasteiger partial charge in [-0.1, -0.05) is 11.6 Å². The summed E-state index contributed by atoms with van der Waals surface area (Å²) >= 11 is 11.4. The van der Waals surface area contributed by atoms with Crippen molar-refractivity contribution in [3.63, 3.8) is 0 Å². The molecule has 19 heavy (non-hydrogen) atoms. The molecule has 0 heterocycles. The van der Waals surface area contributed by atoms with Crippen LogP contribution in [-0.4, -0.2) is 36.5 Å². The van der Waals surface area contributed by atoms with Crippen LogP contribution in [0, 0.1) is 10.1 Å². The average molecular weight is 307 g/mol. The predicted octanol–water partition coefficient (Wildman–Crippen LogP) is 2.23. The third-order valence-corrected chi connectivity index (χ3v) is 2.90. The third-order valence-electron chi connectivity index (χ3n) is 2.29. The van der Waals surface area contributed by atoms with Crippen LogP contribution < -0.4 is 5.32 Å². The number of carbonyl (C=O) groups is 1. The molecule has 0 fully saturated rings. The molecule has 0 saturated heterocycles. The lowest BCUT2D eigenvalue weighted by Crippen LogP contribution is -2.39. The van der Waals surface area contributed by atoms with Crippen molar-refractivity contribution >= 4 is 34.8 Å². The number of nitro groups is 1. The van der Waals surface area contributed by atoms with Crippen molar-refractivity contribution in [3.8, 4) is 0 Å². The second-order valence-electron chi connectivity index (χ2n) is 3.70. The number of alkyl halides is 1. The van der Waals surface area contributed by atoms with Gasteiger partial charge >= 0.3 is 0 Å². The van der Waals surface area contributed by atoms with E-state index in [1.54, 1.807) is 0 Å². The number of ether oxygens (including phenoxy) is 1. The Bertz CT molecular complexity index is 482. The van der Waals surface area contributed by atoms with E-state index in [1.807, 2.05) is 0 Å². The van der Waals surface area contributed by atoms with Gasteiger partial charge in [-0.15, -0.1) is 11.6 Å². The zero-order chi connectivity index (χ0) is 14.4. The number of halogens is 2. The molecule has 6 nitrogen and oxygen atoms in total. The van der Waals surface area contributed by atoms with Gasteiger partial charge in [0.05, 0.1) is 17.6 Å². The molecule has 0 aliphatic rings. The number of rotatable bonds is 6. The van der Waals surface area contributed by atoms with Gasteiger partial charge < -0.3 is 10.1 Å². The molecule has 1 rings (SSSR count). The normalized spacial score (nSPS) is 11.9. The summed E-state index contributed by atoms with van der Waals surface area (Å²) in [6, 6.07) is 3.35. The van der Waals surface area contributed by atoms with Crippen LogP contribution in [0.5, 0.6) is 0 Å². The highest BCUT2D eigenvalue weighted by Gasteiger charge is 2.22. The van der Waals surface area contributed by atoms with Crippen molar-refractivity contribution in [1.82, 2.24) is 5.32 Å². The Morgan fingerprint density at radius 1 is 1.58 bits per heavy atom. The summed E-state index contributed by atoms with van der Waals surface area (Å²) in [6.45, 7) is 0.212. The van der Waals surface area contributed by atoms with Crippen LogP contribution in [0.15, 0.2) is 18.2 Å². The number of hydrogen-bond donors (Lipinski definition) is 1. The summed E-state index contributed by atoms with van der Waals surface area (Å²) < 4.78 is 4.87. The summed E-state index contributed by atoms with van der Waals surface area (Å²) in [7, 11) is 1.47.